The molecule has 0 aliphatic carbocycles. The zero-order valence-electron chi connectivity index (χ0n) is 12.3. The zero-order chi connectivity index (χ0) is 16.3. The first-order valence-corrected chi connectivity index (χ1v) is 6.46. The number of rotatable bonds is 6. The van der Waals surface area contributed by atoms with Crippen LogP contribution in [0, 0.1) is 0 Å². The fourth-order valence-corrected chi connectivity index (χ4v) is 1.62. The molecule has 1 rings (SSSR count). The molecule has 0 aliphatic heterocycles. The molecule has 1 aromatic rings. The molecule has 7 nitrogen and oxygen atoms in total. The van der Waals surface area contributed by atoms with Crippen LogP contribution < -0.4 is 15.5 Å². The van der Waals surface area contributed by atoms with Crippen molar-refractivity contribution < 1.29 is 40.1 Å². The third-order valence-corrected chi connectivity index (χ3v) is 2.54. The van der Waals surface area contributed by atoms with Gasteiger partial charge in [0.1, 0.15) is 5.75 Å². The van der Waals surface area contributed by atoms with Gasteiger partial charge in [0.15, 0.2) is 0 Å². The number of benzene rings is 1. The molecule has 0 spiro atoms. The Hall–Kier alpha value is -2.19. The lowest BCUT2D eigenvalue weighted by Crippen LogP contribution is -2.89. The SMILES string of the molecule is CC(Cc1cccc(O)c1)[NH2+]CCCF.O.O=C([O-])C(=O)[O-]. The van der Waals surface area contributed by atoms with Gasteiger partial charge in [0, 0.05) is 12.8 Å². The Morgan fingerprint density at radius 2 is 1.91 bits per heavy atom. The standard InChI is InChI=1S/C12H18FNO.C2H2O4.H2O/c1-10(14-7-3-6-13)8-11-4-2-5-12(15)9-11;3-1(4)2(5)6;/h2,4-5,9-10,14-15H,3,6-8H2,1H3;(H,3,4)(H,5,6);1H2/p-1. The Labute approximate surface area is 127 Å². The monoisotopic (exact) mass is 318 g/mol. The first-order chi connectivity index (χ1) is 9.86. The summed E-state index contributed by atoms with van der Waals surface area (Å²) in [5.41, 5.74) is 1.12. The Kier molecular flexibility index (Phi) is 12.6. The lowest BCUT2D eigenvalue weighted by Gasteiger charge is -2.10. The zero-order valence-corrected chi connectivity index (χ0v) is 12.3. The molecule has 5 N–H and O–H groups in total. The topological polar surface area (TPSA) is 149 Å². The summed E-state index contributed by atoms with van der Waals surface area (Å²) in [4.78, 5) is 17.9. The van der Waals surface area contributed by atoms with Crippen LogP contribution in [0.15, 0.2) is 24.3 Å². The summed E-state index contributed by atoms with van der Waals surface area (Å²) in [6.45, 7) is 2.70. The highest BCUT2D eigenvalue weighted by molar-refractivity contribution is 6.25. The summed E-state index contributed by atoms with van der Waals surface area (Å²) >= 11 is 0. The maximum Gasteiger partial charge on any atom is 0.115 e. The van der Waals surface area contributed by atoms with E-state index in [1.54, 1.807) is 12.1 Å². The van der Waals surface area contributed by atoms with Crippen LogP contribution in [-0.4, -0.2) is 41.8 Å². The number of hydrogen-bond donors (Lipinski definition) is 2. The maximum atomic E-state index is 11.9. The van der Waals surface area contributed by atoms with Crippen molar-refractivity contribution in [2.75, 3.05) is 13.2 Å². The number of carboxylic acids is 2. The number of aromatic hydroxyl groups is 1. The van der Waals surface area contributed by atoms with Gasteiger partial charge in [0.2, 0.25) is 0 Å². The van der Waals surface area contributed by atoms with Crippen LogP contribution in [0.25, 0.3) is 0 Å². The van der Waals surface area contributed by atoms with Gasteiger partial charge in [0.05, 0.1) is 31.2 Å². The second kappa shape index (κ2) is 12.5. The van der Waals surface area contributed by atoms with Crippen molar-refractivity contribution in [1.29, 1.82) is 0 Å². The van der Waals surface area contributed by atoms with E-state index >= 15 is 0 Å². The van der Waals surface area contributed by atoms with E-state index in [0.29, 0.717) is 18.2 Å². The van der Waals surface area contributed by atoms with Crippen molar-refractivity contribution in [1.82, 2.24) is 0 Å². The molecule has 0 saturated heterocycles. The van der Waals surface area contributed by atoms with E-state index < -0.39 is 11.9 Å². The number of alkyl halides is 1. The van der Waals surface area contributed by atoms with Crippen LogP contribution in [0.5, 0.6) is 5.75 Å². The molecule has 0 fully saturated rings. The van der Waals surface area contributed by atoms with Gasteiger partial charge >= 0.3 is 0 Å². The summed E-state index contributed by atoms with van der Waals surface area (Å²) in [6, 6.07) is 7.72. The van der Waals surface area contributed by atoms with Crippen molar-refractivity contribution in [3.05, 3.63) is 29.8 Å². The quantitative estimate of drug-likeness (QED) is 0.421. The Morgan fingerprint density at radius 3 is 2.36 bits per heavy atom. The van der Waals surface area contributed by atoms with Crippen LogP contribution in [0.4, 0.5) is 4.39 Å². The molecule has 8 heteroatoms. The maximum absolute atomic E-state index is 11.9. The number of aliphatic carboxylic acids is 2. The number of quaternary nitrogens is 1. The van der Waals surface area contributed by atoms with Gasteiger partial charge in [-0.25, -0.2) is 0 Å². The first kappa shape index (κ1) is 22.1. The van der Waals surface area contributed by atoms with Gasteiger partial charge in [-0.1, -0.05) is 12.1 Å². The summed E-state index contributed by atoms with van der Waals surface area (Å²) in [5.74, 6) is -4.06. The van der Waals surface area contributed by atoms with Crippen molar-refractivity contribution in [2.45, 2.75) is 25.8 Å². The number of nitrogens with two attached hydrogens (primary N) is 1. The molecule has 1 aromatic carbocycles. The summed E-state index contributed by atoms with van der Waals surface area (Å²) in [6.07, 6.45) is 1.52. The highest BCUT2D eigenvalue weighted by Crippen LogP contribution is 2.11. The van der Waals surface area contributed by atoms with Crippen LogP contribution in [0.3, 0.4) is 0 Å². The normalized spacial score (nSPS) is 10.6. The number of halogens is 1. The molecule has 0 saturated carbocycles. The van der Waals surface area contributed by atoms with Gasteiger partial charge in [-0.05, 0) is 24.6 Å². The summed E-state index contributed by atoms with van der Waals surface area (Å²) < 4.78 is 11.9. The van der Waals surface area contributed by atoms with Gasteiger partial charge in [0.25, 0.3) is 0 Å². The summed E-state index contributed by atoms with van der Waals surface area (Å²) in [7, 11) is 0. The number of hydrogen-bond acceptors (Lipinski definition) is 5. The fraction of sp³-hybridized carbons (Fsp3) is 0.429. The second-order valence-electron chi connectivity index (χ2n) is 4.49. The molecule has 22 heavy (non-hydrogen) atoms. The molecule has 0 aliphatic rings. The van der Waals surface area contributed by atoms with E-state index in [4.69, 9.17) is 19.8 Å². The molecule has 0 radical (unpaired) electrons. The molecule has 126 valence electrons. The predicted octanol–water partition coefficient (Wildman–Crippen LogP) is -3.09. The molecular formula is C14H21FNO6-. The first-order valence-electron chi connectivity index (χ1n) is 6.46. The molecule has 1 unspecified atom stereocenters. The molecule has 0 bridgehead atoms. The van der Waals surface area contributed by atoms with E-state index in [2.05, 4.69) is 12.2 Å². The summed E-state index contributed by atoms with van der Waals surface area (Å²) in [5, 5.41) is 29.3. The predicted molar refractivity (Wildman–Crippen MR) is 72.3 cm³/mol. The van der Waals surface area contributed by atoms with E-state index in [0.717, 1.165) is 18.5 Å². The van der Waals surface area contributed by atoms with Crippen LogP contribution in [-0.2, 0) is 16.0 Å². The van der Waals surface area contributed by atoms with E-state index in [1.165, 1.54) is 0 Å². The third-order valence-electron chi connectivity index (χ3n) is 2.54. The van der Waals surface area contributed by atoms with Gasteiger partial charge in [-0.2, -0.15) is 0 Å². The minimum Gasteiger partial charge on any atom is -0.543 e. The average Bonchev–Trinajstić information content (AvgIpc) is 2.39. The largest absolute Gasteiger partial charge is 0.543 e. The fourth-order valence-electron chi connectivity index (χ4n) is 1.62. The van der Waals surface area contributed by atoms with Gasteiger partial charge < -0.3 is 35.7 Å². The molecular weight excluding hydrogens is 297 g/mol. The number of carbonyl (C=O) groups is 2. The molecule has 0 amide bonds. The van der Waals surface area contributed by atoms with E-state index in [9.17, 15) is 9.50 Å². The third kappa shape index (κ3) is 11.6. The van der Waals surface area contributed by atoms with Crippen LogP contribution in [0.1, 0.15) is 18.9 Å². The Morgan fingerprint density at radius 1 is 1.32 bits per heavy atom. The van der Waals surface area contributed by atoms with E-state index in [1.807, 2.05) is 12.1 Å². The van der Waals surface area contributed by atoms with Crippen molar-refractivity contribution in [3.8, 4) is 5.75 Å². The number of phenolic OH excluding ortho intramolecular Hbond substituents is 1. The van der Waals surface area contributed by atoms with Crippen LogP contribution >= 0.6 is 0 Å². The van der Waals surface area contributed by atoms with E-state index in [-0.39, 0.29) is 12.2 Å². The highest BCUT2D eigenvalue weighted by Gasteiger charge is 2.06. The number of phenols is 1. The minimum atomic E-state index is -2.19. The smallest absolute Gasteiger partial charge is 0.115 e. The lowest BCUT2D eigenvalue weighted by atomic mass is 10.1. The average molecular weight is 318 g/mol. The lowest BCUT2D eigenvalue weighted by molar-refractivity contribution is -0.686. The Balaban J connectivity index is 0. The van der Waals surface area contributed by atoms with Crippen LogP contribution in [0.2, 0.25) is 0 Å². The van der Waals surface area contributed by atoms with Crippen molar-refractivity contribution in [2.24, 2.45) is 0 Å². The molecule has 1 atom stereocenters. The number of carbonyl (C=O) groups excluding carboxylic acids is 2. The minimum absolute atomic E-state index is 0. The molecule has 0 heterocycles. The van der Waals surface area contributed by atoms with Crippen molar-refractivity contribution >= 4 is 11.9 Å². The van der Waals surface area contributed by atoms with Crippen molar-refractivity contribution in [3.63, 3.8) is 0 Å². The Bertz CT molecular complexity index is 443. The number of carboxylic acid groups (broad SMARTS) is 2. The van der Waals surface area contributed by atoms with Gasteiger partial charge in [-0.3, -0.25) is 4.39 Å². The van der Waals surface area contributed by atoms with Gasteiger partial charge in [-0.15, -0.1) is 0 Å². The molecule has 0 aromatic heterocycles. The highest BCUT2D eigenvalue weighted by atomic mass is 19.1. The second-order valence-corrected chi connectivity index (χ2v) is 4.49.